The minimum atomic E-state index is 0.131. The van der Waals surface area contributed by atoms with Crippen LogP contribution in [0.5, 0.6) is 5.75 Å². The Hall–Kier alpha value is -0.540. The fourth-order valence-corrected chi connectivity index (χ4v) is 1.56. The Morgan fingerprint density at radius 2 is 1.93 bits per heavy atom. The van der Waals surface area contributed by atoms with Gasteiger partial charge < -0.3 is 9.47 Å². The largest absolute Gasteiger partial charge is 0.466 e. The minimum absolute atomic E-state index is 0.131. The van der Waals surface area contributed by atoms with Crippen LogP contribution >= 0.6 is 15.9 Å². The molecule has 3 heteroatoms. The van der Waals surface area contributed by atoms with Gasteiger partial charge in [0.05, 0.1) is 4.47 Å². The van der Waals surface area contributed by atoms with Crippen LogP contribution < -0.4 is 4.74 Å². The van der Waals surface area contributed by atoms with Crippen LogP contribution in [-0.2, 0) is 10.2 Å². The maximum atomic E-state index is 5.45. The molecule has 0 aliphatic rings. The van der Waals surface area contributed by atoms with Crippen molar-refractivity contribution in [2.75, 3.05) is 13.9 Å². The van der Waals surface area contributed by atoms with Crippen molar-refractivity contribution in [3.63, 3.8) is 0 Å². The smallest absolute Gasteiger partial charge is 0.188 e. The van der Waals surface area contributed by atoms with E-state index in [9.17, 15) is 0 Å². The van der Waals surface area contributed by atoms with Crippen molar-refractivity contribution in [3.8, 4) is 5.75 Å². The molecule has 1 aromatic carbocycles. The minimum Gasteiger partial charge on any atom is -0.466 e. The zero-order valence-electron chi connectivity index (χ0n) is 9.63. The van der Waals surface area contributed by atoms with E-state index in [0.29, 0.717) is 0 Å². The molecule has 0 aliphatic heterocycles. The number of rotatable bonds is 3. The number of halogens is 1. The second-order valence-electron chi connectivity index (χ2n) is 4.45. The number of hydrogen-bond donors (Lipinski definition) is 0. The zero-order valence-corrected chi connectivity index (χ0v) is 11.2. The lowest BCUT2D eigenvalue weighted by molar-refractivity contribution is 0.0505. The molecule has 0 saturated heterocycles. The highest BCUT2D eigenvalue weighted by atomic mass is 79.9. The van der Waals surface area contributed by atoms with E-state index in [2.05, 4.69) is 42.8 Å². The van der Waals surface area contributed by atoms with Crippen molar-refractivity contribution in [1.82, 2.24) is 0 Å². The van der Waals surface area contributed by atoms with E-state index in [1.54, 1.807) is 7.11 Å². The molecule has 0 bridgehead atoms. The Labute approximate surface area is 99.7 Å². The van der Waals surface area contributed by atoms with Gasteiger partial charge in [-0.05, 0) is 39.0 Å². The lowest BCUT2D eigenvalue weighted by atomic mass is 9.87. The summed E-state index contributed by atoms with van der Waals surface area (Å²) in [7, 11) is 1.61. The van der Waals surface area contributed by atoms with Gasteiger partial charge in [-0.15, -0.1) is 0 Å². The summed E-state index contributed by atoms with van der Waals surface area (Å²) in [5, 5.41) is 0. The average Bonchev–Trinajstić information content (AvgIpc) is 2.15. The standard InChI is InChI=1S/C12H17BrO2/c1-12(2,3)9-5-6-10(13)11(7-9)15-8-14-4/h5-7H,8H2,1-4H3. The highest BCUT2D eigenvalue weighted by Gasteiger charge is 2.15. The topological polar surface area (TPSA) is 18.5 Å². The van der Waals surface area contributed by atoms with Gasteiger partial charge in [-0.25, -0.2) is 0 Å². The van der Waals surface area contributed by atoms with Crippen LogP contribution in [0.3, 0.4) is 0 Å². The van der Waals surface area contributed by atoms with Gasteiger partial charge in [0.2, 0.25) is 0 Å². The van der Waals surface area contributed by atoms with Crippen LogP contribution in [0.4, 0.5) is 0 Å². The number of benzene rings is 1. The van der Waals surface area contributed by atoms with Gasteiger partial charge >= 0.3 is 0 Å². The van der Waals surface area contributed by atoms with Crippen molar-refractivity contribution in [1.29, 1.82) is 0 Å². The number of ether oxygens (including phenoxy) is 2. The molecule has 0 atom stereocenters. The molecule has 0 heterocycles. The van der Waals surface area contributed by atoms with Crippen molar-refractivity contribution in [3.05, 3.63) is 28.2 Å². The maximum absolute atomic E-state index is 5.45. The van der Waals surface area contributed by atoms with Crippen molar-refractivity contribution in [2.45, 2.75) is 26.2 Å². The van der Waals surface area contributed by atoms with E-state index in [0.717, 1.165) is 10.2 Å². The summed E-state index contributed by atoms with van der Waals surface area (Å²) in [5.41, 5.74) is 1.38. The quantitative estimate of drug-likeness (QED) is 0.781. The molecule has 1 aromatic rings. The number of hydrogen-bond acceptors (Lipinski definition) is 2. The second-order valence-corrected chi connectivity index (χ2v) is 5.30. The van der Waals surface area contributed by atoms with Crippen LogP contribution in [0.15, 0.2) is 22.7 Å². The first-order chi connectivity index (χ1) is 6.95. The summed E-state index contributed by atoms with van der Waals surface area (Å²) in [4.78, 5) is 0. The molecule has 0 aromatic heterocycles. The molecule has 0 unspecified atom stereocenters. The molecule has 2 nitrogen and oxygen atoms in total. The van der Waals surface area contributed by atoms with E-state index >= 15 is 0 Å². The monoisotopic (exact) mass is 272 g/mol. The summed E-state index contributed by atoms with van der Waals surface area (Å²) in [5.74, 6) is 0.823. The Kier molecular flexibility index (Phi) is 4.17. The first kappa shape index (κ1) is 12.5. The van der Waals surface area contributed by atoms with E-state index in [1.807, 2.05) is 12.1 Å². The Balaban J connectivity index is 2.95. The predicted octanol–water partition coefficient (Wildman–Crippen LogP) is 3.73. The molecule has 15 heavy (non-hydrogen) atoms. The molecule has 0 aliphatic carbocycles. The summed E-state index contributed by atoms with van der Waals surface area (Å²) in [6, 6.07) is 6.15. The van der Waals surface area contributed by atoms with E-state index in [-0.39, 0.29) is 12.2 Å². The Morgan fingerprint density at radius 1 is 1.27 bits per heavy atom. The summed E-state index contributed by atoms with van der Waals surface area (Å²) >= 11 is 3.45. The van der Waals surface area contributed by atoms with E-state index < -0.39 is 0 Å². The van der Waals surface area contributed by atoms with Gasteiger partial charge in [0.1, 0.15) is 5.75 Å². The SMILES string of the molecule is COCOc1cc(C(C)(C)C)ccc1Br. The third-order valence-corrected chi connectivity index (χ3v) is 2.78. The molecule has 84 valence electrons. The number of methoxy groups -OCH3 is 1. The lowest BCUT2D eigenvalue weighted by Crippen LogP contribution is -2.11. The Morgan fingerprint density at radius 3 is 2.47 bits per heavy atom. The Bertz CT molecular complexity index is 329. The van der Waals surface area contributed by atoms with E-state index in [4.69, 9.17) is 9.47 Å². The molecule has 0 N–H and O–H groups in total. The van der Waals surface area contributed by atoms with Crippen LogP contribution in [0.25, 0.3) is 0 Å². The molecular weight excluding hydrogens is 256 g/mol. The van der Waals surface area contributed by atoms with Crippen LogP contribution in [0.1, 0.15) is 26.3 Å². The second kappa shape index (κ2) is 4.99. The molecular formula is C12H17BrO2. The highest BCUT2D eigenvalue weighted by molar-refractivity contribution is 9.10. The summed E-state index contributed by atoms with van der Waals surface area (Å²) < 4.78 is 11.3. The van der Waals surface area contributed by atoms with Crippen LogP contribution in [0, 0.1) is 0 Å². The molecule has 1 rings (SSSR count). The van der Waals surface area contributed by atoms with Gasteiger partial charge in [0, 0.05) is 7.11 Å². The first-order valence-electron chi connectivity index (χ1n) is 4.87. The summed E-state index contributed by atoms with van der Waals surface area (Å²) in [6.07, 6.45) is 0. The average molecular weight is 273 g/mol. The molecule has 0 amide bonds. The zero-order chi connectivity index (χ0) is 11.5. The fraction of sp³-hybridized carbons (Fsp3) is 0.500. The lowest BCUT2D eigenvalue weighted by Gasteiger charge is -2.20. The maximum Gasteiger partial charge on any atom is 0.188 e. The predicted molar refractivity (Wildman–Crippen MR) is 65.3 cm³/mol. The fourth-order valence-electron chi connectivity index (χ4n) is 1.20. The van der Waals surface area contributed by atoms with Crippen molar-refractivity contribution >= 4 is 15.9 Å². The summed E-state index contributed by atoms with van der Waals surface area (Å²) in [6.45, 7) is 6.80. The van der Waals surface area contributed by atoms with Crippen molar-refractivity contribution < 1.29 is 9.47 Å². The molecule has 0 spiro atoms. The van der Waals surface area contributed by atoms with Gasteiger partial charge in [0.25, 0.3) is 0 Å². The molecule has 0 saturated carbocycles. The molecule has 0 radical (unpaired) electrons. The normalized spacial score (nSPS) is 11.5. The van der Waals surface area contributed by atoms with Crippen molar-refractivity contribution in [2.24, 2.45) is 0 Å². The molecule has 0 fully saturated rings. The third-order valence-electron chi connectivity index (χ3n) is 2.13. The van der Waals surface area contributed by atoms with Crippen LogP contribution in [0.2, 0.25) is 0 Å². The highest BCUT2D eigenvalue weighted by Crippen LogP contribution is 2.31. The third kappa shape index (κ3) is 3.50. The van der Waals surface area contributed by atoms with E-state index in [1.165, 1.54) is 5.56 Å². The van der Waals surface area contributed by atoms with Gasteiger partial charge in [-0.2, -0.15) is 0 Å². The first-order valence-corrected chi connectivity index (χ1v) is 5.66. The van der Waals surface area contributed by atoms with Crippen LogP contribution in [-0.4, -0.2) is 13.9 Å². The van der Waals surface area contributed by atoms with Gasteiger partial charge in [-0.3, -0.25) is 0 Å². The van der Waals surface area contributed by atoms with Gasteiger partial charge in [0.15, 0.2) is 6.79 Å². The van der Waals surface area contributed by atoms with Gasteiger partial charge in [-0.1, -0.05) is 26.8 Å².